The summed E-state index contributed by atoms with van der Waals surface area (Å²) in [5.74, 6) is 1.42. The average molecular weight is 149 g/mol. The summed E-state index contributed by atoms with van der Waals surface area (Å²) < 4.78 is 0. The van der Waals surface area contributed by atoms with E-state index in [1.54, 1.807) is 0 Å². The van der Waals surface area contributed by atoms with E-state index in [-0.39, 0.29) is 0 Å². The molecule has 0 aromatic carbocycles. The molecule has 0 spiro atoms. The first-order valence-electron chi connectivity index (χ1n) is 4.44. The van der Waals surface area contributed by atoms with E-state index in [1.807, 2.05) is 0 Å². The van der Waals surface area contributed by atoms with Gasteiger partial charge in [0.1, 0.15) is 0 Å². The lowest BCUT2D eigenvalue weighted by Crippen LogP contribution is -2.25. The van der Waals surface area contributed by atoms with Crippen LogP contribution in [0.3, 0.4) is 0 Å². The largest absolute Gasteiger partial charge is 0.362 e. The lowest BCUT2D eigenvalue weighted by Gasteiger charge is -2.20. The molecule has 2 fully saturated rings. The quantitative estimate of drug-likeness (QED) is 0.373. The predicted octanol–water partition coefficient (Wildman–Crippen LogP) is 2.07. The molecule has 2 heteroatoms. The van der Waals surface area contributed by atoms with E-state index in [0.29, 0.717) is 5.92 Å². The van der Waals surface area contributed by atoms with Crippen molar-refractivity contribution in [3.05, 3.63) is 12.0 Å². The van der Waals surface area contributed by atoms with E-state index < -0.39 is 0 Å². The first kappa shape index (κ1) is 7.05. The van der Waals surface area contributed by atoms with Gasteiger partial charge in [0.2, 0.25) is 0 Å². The fourth-order valence-electron chi connectivity index (χ4n) is 2.47. The standard InChI is InChI=1S/C9H13N2/c10-11-9-6-2-4-7-3-1-5-8(7)9/h2,7-8H,1,3-6H2. The zero-order valence-electron chi connectivity index (χ0n) is 6.66. The van der Waals surface area contributed by atoms with Crippen LogP contribution in [0.4, 0.5) is 0 Å². The molecule has 2 unspecified atom stereocenters. The third kappa shape index (κ3) is 1.12. The van der Waals surface area contributed by atoms with Crippen LogP contribution in [0, 0.1) is 18.3 Å². The Morgan fingerprint density at radius 3 is 3.18 bits per heavy atom. The summed E-state index contributed by atoms with van der Waals surface area (Å²) in [6, 6.07) is 0. The van der Waals surface area contributed by atoms with Crippen LogP contribution < -0.4 is 0 Å². The second-order valence-corrected chi connectivity index (χ2v) is 3.62. The minimum Gasteiger partial charge on any atom is -0.362 e. The molecule has 2 aliphatic carbocycles. The zero-order chi connectivity index (χ0) is 7.68. The maximum Gasteiger partial charge on any atom is 0.272 e. The van der Waals surface area contributed by atoms with Gasteiger partial charge in [-0.15, -0.1) is 0 Å². The van der Waals surface area contributed by atoms with Crippen LogP contribution in [0.25, 0.3) is 5.53 Å². The fraction of sp³-hybridized carbons (Fsp3) is 0.778. The molecule has 2 rings (SSSR count). The van der Waals surface area contributed by atoms with Crippen molar-refractivity contribution in [3.63, 3.8) is 0 Å². The normalized spacial score (nSPS) is 36.5. The van der Waals surface area contributed by atoms with Crippen molar-refractivity contribution in [1.29, 1.82) is 0 Å². The van der Waals surface area contributed by atoms with Crippen molar-refractivity contribution in [3.8, 4) is 0 Å². The summed E-state index contributed by atoms with van der Waals surface area (Å²) >= 11 is 0. The van der Waals surface area contributed by atoms with Crippen molar-refractivity contribution in [1.82, 2.24) is 0 Å². The second-order valence-electron chi connectivity index (χ2n) is 3.62. The Labute approximate surface area is 67.2 Å². The Morgan fingerprint density at radius 1 is 1.45 bits per heavy atom. The van der Waals surface area contributed by atoms with Crippen LogP contribution in [-0.2, 0) is 0 Å². The SMILES string of the molecule is [N-]=[N+]=C1C[CH]CC2CCCC12. The first-order chi connectivity index (χ1) is 5.42. The summed E-state index contributed by atoms with van der Waals surface area (Å²) in [5.41, 5.74) is 9.73. The second kappa shape index (κ2) is 2.78. The predicted molar refractivity (Wildman–Crippen MR) is 43.0 cm³/mol. The number of hydrogen-bond acceptors (Lipinski definition) is 0. The molecule has 2 aliphatic rings. The number of rotatable bonds is 0. The monoisotopic (exact) mass is 149 g/mol. The van der Waals surface area contributed by atoms with E-state index in [4.69, 9.17) is 5.53 Å². The van der Waals surface area contributed by atoms with Gasteiger partial charge in [0.25, 0.3) is 5.71 Å². The van der Waals surface area contributed by atoms with Gasteiger partial charge < -0.3 is 5.53 Å². The van der Waals surface area contributed by atoms with Gasteiger partial charge in [-0.2, -0.15) is 4.79 Å². The minimum absolute atomic E-state index is 0.616. The molecule has 2 saturated carbocycles. The van der Waals surface area contributed by atoms with Crippen LogP contribution >= 0.6 is 0 Å². The number of fused-ring (bicyclic) bond motifs is 1. The molecule has 0 bridgehead atoms. The Balaban J connectivity index is 2.19. The van der Waals surface area contributed by atoms with Gasteiger partial charge in [-0.05, 0) is 31.6 Å². The Kier molecular flexibility index (Phi) is 1.79. The minimum atomic E-state index is 0.616. The van der Waals surface area contributed by atoms with Crippen molar-refractivity contribution < 1.29 is 4.79 Å². The van der Waals surface area contributed by atoms with Gasteiger partial charge in [0, 0.05) is 6.42 Å². The molecule has 11 heavy (non-hydrogen) atoms. The molecule has 0 N–H and O–H groups in total. The highest BCUT2D eigenvalue weighted by Gasteiger charge is 2.38. The van der Waals surface area contributed by atoms with E-state index in [0.717, 1.165) is 18.1 Å². The molecule has 0 aromatic rings. The molecule has 0 amide bonds. The summed E-state index contributed by atoms with van der Waals surface area (Å²) in [4.78, 5) is 3.38. The first-order valence-corrected chi connectivity index (χ1v) is 4.44. The van der Waals surface area contributed by atoms with Crippen molar-refractivity contribution in [2.75, 3.05) is 0 Å². The van der Waals surface area contributed by atoms with Crippen LogP contribution in [-0.4, -0.2) is 10.5 Å². The Bertz CT molecular complexity index is 204. The molecule has 2 atom stereocenters. The Morgan fingerprint density at radius 2 is 2.36 bits per heavy atom. The molecule has 0 aromatic heterocycles. The van der Waals surface area contributed by atoms with Crippen molar-refractivity contribution in [2.24, 2.45) is 11.8 Å². The Hall–Kier alpha value is -0.620. The van der Waals surface area contributed by atoms with E-state index >= 15 is 0 Å². The third-order valence-electron chi connectivity index (χ3n) is 3.04. The molecule has 1 radical (unpaired) electrons. The third-order valence-corrected chi connectivity index (χ3v) is 3.04. The maximum atomic E-state index is 8.71. The van der Waals surface area contributed by atoms with Crippen LogP contribution in [0.15, 0.2) is 0 Å². The van der Waals surface area contributed by atoms with Gasteiger partial charge >= 0.3 is 0 Å². The number of nitrogens with zero attached hydrogens (tertiary/aromatic N) is 2. The van der Waals surface area contributed by atoms with E-state index in [1.165, 1.54) is 25.7 Å². The highest BCUT2D eigenvalue weighted by Crippen LogP contribution is 2.39. The average Bonchev–Trinajstić information content (AvgIpc) is 2.50. The topological polar surface area (TPSA) is 36.4 Å². The summed E-state index contributed by atoms with van der Waals surface area (Å²) in [6.45, 7) is 0. The summed E-state index contributed by atoms with van der Waals surface area (Å²) in [5, 5.41) is 0. The smallest absolute Gasteiger partial charge is 0.272 e. The van der Waals surface area contributed by atoms with Crippen molar-refractivity contribution >= 4 is 5.71 Å². The van der Waals surface area contributed by atoms with Crippen molar-refractivity contribution in [2.45, 2.75) is 32.1 Å². The maximum absolute atomic E-state index is 8.71. The van der Waals surface area contributed by atoms with Gasteiger partial charge in [-0.25, -0.2) is 0 Å². The number of hydrogen-bond donors (Lipinski definition) is 0. The molecule has 59 valence electrons. The molecule has 0 heterocycles. The zero-order valence-corrected chi connectivity index (χ0v) is 6.66. The van der Waals surface area contributed by atoms with Gasteiger partial charge in [0.05, 0.1) is 5.92 Å². The lowest BCUT2D eigenvalue weighted by atomic mass is 9.80. The van der Waals surface area contributed by atoms with E-state index in [9.17, 15) is 0 Å². The lowest BCUT2D eigenvalue weighted by molar-refractivity contribution is -0.0188. The summed E-state index contributed by atoms with van der Waals surface area (Å²) in [6.07, 6.45) is 8.31. The molecule has 2 nitrogen and oxygen atoms in total. The van der Waals surface area contributed by atoms with Gasteiger partial charge in [-0.3, -0.25) is 0 Å². The summed E-state index contributed by atoms with van der Waals surface area (Å²) in [7, 11) is 0. The van der Waals surface area contributed by atoms with E-state index in [2.05, 4.69) is 11.2 Å². The highest BCUT2D eigenvalue weighted by molar-refractivity contribution is 5.84. The van der Waals surface area contributed by atoms with Gasteiger partial charge in [-0.1, -0.05) is 6.42 Å². The molecule has 0 saturated heterocycles. The highest BCUT2D eigenvalue weighted by atomic mass is 14.9. The molecule has 0 aliphatic heterocycles. The van der Waals surface area contributed by atoms with Crippen LogP contribution in [0.2, 0.25) is 0 Å². The fourth-order valence-corrected chi connectivity index (χ4v) is 2.47. The van der Waals surface area contributed by atoms with Crippen LogP contribution in [0.1, 0.15) is 32.1 Å². The molecular weight excluding hydrogens is 136 g/mol. The molecular formula is C9H13N2. The van der Waals surface area contributed by atoms with Crippen LogP contribution in [0.5, 0.6) is 0 Å². The van der Waals surface area contributed by atoms with Gasteiger partial charge in [0.15, 0.2) is 0 Å².